The summed E-state index contributed by atoms with van der Waals surface area (Å²) >= 11 is 0. The van der Waals surface area contributed by atoms with Crippen LogP contribution in [0.4, 0.5) is 5.88 Å². The maximum atomic E-state index is 12.0. The standard InChI is InChI=1S/C12H12N2O3/c1-5-3-7-8(4-6(5)2)17-12(14)9(10(7)15)11(13)16/h3-4H,14H2,1-2H3,(H2,13,16). The average molecular weight is 232 g/mol. The maximum absolute atomic E-state index is 12.0. The van der Waals surface area contributed by atoms with Gasteiger partial charge < -0.3 is 15.9 Å². The van der Waals surface area contributed by atoms with Crippen LogP contribution in [0.1, 0.15) is 21.5 Å². The number of amides is 1. The van der Waals surface area contributed by atoms with Crippen molar-refractivity contribution in [1.29, 1.82) is 0 Å². The van der Waals surface area contributed by atoms with E-state index in [1.807, 2.05) is 13.8 Å². The first-order chi connectivity index (χ1) is 7.91. The van der Waals surface area contributed by atoms with E-state index in [4.69, 9.17) is 15.9 Å². The van der Waals surface area contributed by atoms with Crippen LogP contribution in [-0.2, 0) is 0 Å². The number of hydrogen-bond acceptors (Lipinski definition) is 4. The lowest BCUT2D eigenvalue weighted by Crippen LogP contribution is -2.23. The van der Waals surface area contributed by atoms with Crippen molar-refractivity contribution in [2.45, 2.75) is 13.8 Å². The Labute approximate surface area is 97.0 Å². The molecule has 0 aliphatic heterocycles. The van der Waals surface area contributed by atoms with Gasteiger partial charge >= 0.3 is 0 Å². The van der Waals surface area contributed by atoms with Crippen LogP contribution in [0, 0.1) is 13.8 Å². The quantitative estimate of drug-likeness (QED) is 0.768. The van der Waals surface area contributed by atoms with Crippen LogP contribution in [0.5, 0.6) is 0 Å². The van der Waals surface area contributed by atoms with Crippen LogP contribution in [0.2, 0.25) is 0 Å². The third-order valence-corrected chi connectivity index (χ3v) is 2.78. The van der Waals surface area contributed by atoms with E-state index in [0.717, 1.165) is 11.1 Å². The Kier molecular flexibility index (Phi) is 2.38. The zero-order chi connectivity index (χ0) is 12.7. The summed E-state index contributed by atoms with van der Waals surface area (Å²) < 4.78 is 5.25. The third kappa shape index (κ3) is 1.65. The number of nitrogen functional groups attached to an aromatic ring is 1. The molecule has 0 spiro atoms. The molecule has 0 bridgehead atoms. The van der Waals surface area contributed by atoms with Gasteiger partial charge in [-0.15, -0.1) is 0 Å². The lowest BCUT2D eigenvalue weighted by atomic mass is 10.1. The van der Waals surface area contributed by atoms with E-state index in [9.17, 15) is 9.59 Å². The molecule has 0 aliphatic carbocycles. The van der Waals surface area contributed by atoms with Gasteiger partial charge in [0.15, 0.2) is 0 Å². The Morgan fingerprint density at radius 1 is 1.24 bits per heavy atom. The van der Waals surface area contributed by atoms with Crippen LogP contribution in [0.3, 0.4) is 0 Å². The fraction of sp³-hybridized carbons (Fsp3) is 0.167. The molecule has 0 radical (unpaired) electrons. The molecule has 5 nitrogen and oxygen atoms in total. The van der Waals surface area contributed by atoms with Gasteiger partial charge in [0.25, 0.3) is 5.91 Å². The second-order valence-corrected chi connectivity index (χ2v) is 3.97. The molecular weight excluding hydrogens is 220 g/mol. The molecule has 0 saturated heterocycles. The van der Waals surface area contributed by atoms with Crippen molar-refractivity contribution in [3.63, 3.8) is 0 Å². The Morgan fingerprint density at radius 2 is 1.82 bits per heavy atom. The van der Waals surface area contributed by atoms with Gasteiger partial charge in [0.1, 0.15) is 11.1 Å². The number of benzene rings is 1. The summed E-state index contributed by atoms with van der Waals surface area (Å²) in [6, 6.07) is 3.38. The van der Waals surface area contributed by atoms with Crippen molar-refractivity contribution in [2.24, 2.45) is 5.73 Å². The van der Waals surface area contributed by atoms with Crippen molar-refractivity contribution in [2.75, 3.05) is 5.73 Å². The number of aryl methyl sites for hydroxylation is 2. The van der Waals surface area contributed by atoms with Crippen molar-refractivity contribution < 1.29 is 9.21 Å². The van der Waals surface area contributed by atoms with Gasteiger partial charge in [0.2, 0.25) is 11.3 Å². The molecule has 2 rings (SSSR count). The molecule has 0 unspecified atom stereocenters. The highest BCUT2D eigenvalue weighted by molar-refractivity contribution is 5.99. The number of carbonyl (C=O) groups excluding carboxylic acids is 1. The summed E-state index contributed by atoms with van der Waals surface area (Å²) in [5, 5.41) is 0.316. The number of fused-ring (bicyclic) bond motifs is 1. The molecule has 2 aromatic rings. The van der Waals surface area contributed by atoms with Gasteiger partial charge in [-0.2, -0.15) is 0 Å². The highest BCUT2D eigenvalue weighted by Crippen LogP contribution is 2.20. The minimum absolute atomic E-state index is 0.238. The van der Waals surface area contributed by atoms with Gasteiger partial charge in [-0.3, -0.25) is 9.59 Å². The molecule has 1 aromatic heterocycles. The van der Waals surface area contributed by atoms with Crippen LogP contribution in [0.25, 0.3) is 11.0 Å². The molecule has 0 aliphatic rings. The van der Waals surface area contributed by atoms with Gasteiger partial charge in [0.05, 0.1) is 5.39 Å². The Balaban J connectivity index is 2.98. The van der Waals surface area contributed by atoms with Crippen LogP contribution in [-0.4, -0.2) is 5.91 Å². The monoisotopic (exact) mass is 232 g/mol. The summed E-state index contributed by atoms with van der Waals surface area (Å²) in [5.41, 5.74) is 12.1. The van der Waals surface area contributed by atoms with Gasteiger partial charge in [-0.05, 0) is 37.1 Å². The van der Waals surface area contributed by atoms with Gasteiger partial charge in [-0.1, -0.05) is 0 Å². The molecule has 1 amide bonds. The van der Waals surface area contributed by atoms with E-state index in [1.54, 1.807) is 12.1 Å². The van der Waals surface area contributed by atoms with Crippen molar-refractivity contribution in [3.8, 4) is 0 Å². The van der Waals surface area contributed by atoms with Crippen LogP contribution in [0.15, 0.2) is 21.3 Å². The lowest BCUT2D eigenvalue weighted by molar-refractivity contribution is 0.0999. The Bertz CT molecular complexity index is 686. The van der Waals surface area contributed by atoms with E-state index in [1.165, 1.54) is 0 Å². The Hall–Kier alpha value is -2.30. The first-order valence-electron chi connectivity index (χ1n) is 5.05. The van der Waals surface area contributed by atoms with Crippen molar-refractivity contribution >= 4 is 22.8 Å². The molecular formula is C12H12N2O3. The smallest absolute Gasteiger partial charge is 0.258 e. The highest BCUT2D eigenvalue weighted by Gasteiger charge is 2.17. The predicted octanol–water partition coefficient (Wildman–Crippen LogP) is 1.09. The van der Waals surface area contributed by atoms with Gasteiger partial charge in [0, 0.05) is 0 Å². The number of anilines is 1. The second kappa shape index (κ2) is 3.62. The fourth-order valence-electron chi connectivity index (χ4n) is 1.70. The molecule has 88 valence electrons. The van der Waals surface area contributed by atoms with E-state index < -0.39 is 11.3 Å². The number of nitrogens with two attached hydrogens (primary N) is 2. The van der Waals surface area contributed by atoms with Crippen molar-refractivity contribution in [3.05, 3.63) is 39.0 Å². The summed E-state index contributed by atoms with van der Waals surface area (Å²) in [6.45, 7) is 3.77. The summed E-state index contributed by atoms with van der Waals surface area (Å²) in [5.74, 6) is -1.12. The zero-order valence-corrected chi connectivity index (χ0v) is 9.53. The molecule has 17 heavy (non-hydrogen) atoms. The number of primary amides is 1. The van der Waals surface area contributed by atoms with Crippen LogP contribution >= 0.6 is 0 Å². The van der Waals surface area contributed by atoms with Crippen molar-refractivity contribution in [1.82, 2.24) is 0 Å². The van der Waals surface area contributed by atoms with E-state index in [2.05, 4.69) is 0 Å². The number of carbonyl (C=O) groups is 1. The fourth-order valence-corrected chi connectivity index (χ4v) is 1.70. The summed E-state index contributed by atoms with van der Waals surface area (Å²) in [7, 11) is 0. The molecule has 0 saturated carbocycles. The zero-order valence-electron chi connectivity index (χ0n) is 9.53. The predicted molar refractivity (Wildman–Crippen MR) is 64.9 cm³/mol. The molecule has 1 aromatic carbocycles. The third-order valence-electron chi connectivity index (χ3n) is 2.78. The number of rotatable bonds is 1. The topological polar surface area (TPSA) is 99.3 Å². The minimum atomic E-state index is -0.878. The average Bonchev–Trinajstić information content (AvgIpc) is 2.21. The largest absolute Gasteiger partial charge is 0.440 e. The summed E-state index contributed by atoms with van der Waals surface area (Å²) in [6.07, 6.45) is 0. The maximum Gasteiger partial charge on any atom is 0.258 e. The Morgan fingerprint density at radius 3 is 2.41 bits per heavy atom. The SMILES string of the molecule is Cc1cc2oc(N)c(C(N)=O)c(=O)c2cc1C. The molecule has 0 fully saturated rings. The molecule has 4 N–H and O–H groups in total. The van der Waals surface area contributed by atoms with E-state index in [0.29, 0.717) is 11.0 Å². The molecule has 1 heterocycles. The molecule has 0 atom stereocenters. The van der Waals surface area contributed by atoms with E-state index in [-0.39, 0.29) is 11.4 Å². The molecule has 5 heteroatoms. The van der Waals surface area contributed by atoms with Gasteiger partial charge in [-0.25, -0.2) is 0 Å². The summed E-state index contributed by atoms with van der Waals surface area (Å²) in [4.78, 5) is 23.1. The first-order valence-corrected chi connectivity index (χ1v) is 5.05. The van der Waals surface area contributed by atoms with Crippen LogP contribution < -0.4 is 16.9 Å². The normalized spacial score (nSPS) is 10.7. The van der Waals surface area contributed by atoms with E-state index >= 15 is 0 Å². The first kappa shape index (κ1) is 11.2. The highest BCUT2D eigenvalue weighted by atomic mass is 16.3. The second-order valence-electron chi connectivity index (χ2n) is 3.97. The minimum Gasteiger partial charge on any atom is -0.440 e. The lowest BCUT2D eigenvalue weighted by Gasteiger charge is -2.06. The number of hydrogen-bond donors (Lipinski definition) is 2.